The van der Waals surface area contributed by atoms with Crippen LogP contribution in [0.4, 0.5) is 4.39 Å². The fourth-order valence-electron chi connectivity index (χ4n) is 2.43. The Balaban J connectivity index is 2.27. The third-order valence-electron chi connectivity index (χ3n) is 4.24. The van der Waals surface area contributed by atoms with E-state index in [9.17, 15) is 14.3 Å². The lowest BCUT2D eigenvalue weighted by molar-refractivity contribution is 0.0890. The van der Waals surface area contributed by atoms with E-state index in [0.717, 1.165) is 6.42 Å². The largest absolute Gasteiger partial charge is 0.394 e. The van der Waals surface area contributed by atoms with Gasteiger partial charge < -0.3 is 10.4 Å². The number of carbonyl (C=O) groups is 1. The topological polar surface area (TPSA) is 67.2 Å². The quantitative estimate of drug-likeness (QED) is 0.785. The maximum Gasteiger partial charge on any atom is 0.255 e. The lowest BCUT2D eigenvalue weighted by Gasteiger charge is -2.22. The van der Waals surface area contributed by atoms with Crippen molar-refractivity contribution in [2.75, 3.05) is 6.61 Å². The Hall–Kier alpha value is -1.73. The predicted octanol–water partition coefficient (Wildman–Crippen LogP) is 3.22. The third kappa shape index (κ3) is 3.84. The number of halogens is 2. The third-order valence-corrected chi connectivity index (χ3v) is 4.73. The van der Waals surface area contributed by atoms with Crippen molar-refractivity contribution >= 4 is 21.8 Å². The van der Waals surface area contributed by atoms with Crippen LogP contribution >= 0.6 is 15.9 Å². The molecule has 1 heterocycles. The second-order valence-corrected chi connectivity index (χ2v) is 6.71. The Bertz CT molecular complexity index is 733. The molecule has 0 aliphatic carbocycles. The van der Waals surface area contributed by atoms with Crippen molar-refractivity contribution in [3.05, 3.63) is 45.9 Å². The number of nitrogens with one attached hydrogen (secondary N) is 1. The summed E-state index contributed by atoms with van der Waals surface area (Å²) < 4.78 is 16.1. The summed E-state index contributed by atoms with van der Waals surface area (Å²) in [5, 5.41) is 16.4. The van der Waals surface area contributed by atoms with Gasteiger partial charge in [-0.05, 0) is 31.0 Å². The molecule has 2 N–H and O–H groups in total. The number of aliphatic hydroxyl groups is 1. The van der Waals surface area contributed by atoms with Crippen LogP contribution < -0.4 is 5.32 Å². The predicted molar refractivity (Wildman–Crippen MR) is 93.8 cm³/mol. The maximum atomic E-state index is 14.1. The first kappa shape index (κ1) is 18.6. The lowest BCUT2D eigenvalue weighted by Crippen LogP contribution is -2.42. The van der Waals surface area contributed by atoms with Crippen LogP contribution in [0.5, 0.6) is 0 Å². The molecule has 0 fully saturated rings. The lowest BCUT2D eigenvalue weighted by atomic mass is 9.99. The number of hydrogen-bond acceptors (Lipinski definition) is 3. The zero-order valence-corrected chi connectivity index (χ0v) is 15.5. The highest BCUT2D eigenvalue weighted by Crippen LogP contribution is 2.21. The molecule has 7 heteroatoms. The average Bonchev–Trinajstić information content (AvgIpc) is 2.93. The van der Waals surface area contributed by atoms with E-state index in [-0.39, 0.29) is 30.2 Å². The molecule has 0 radical (unpaired) electrons. The van der Waals surface area contributed by atoms with E-state index < -0.39 is 5.82 Å². The summed E-state index contributed by atoms with van der Waals surface area (Å²) >= 11 is 3.21. The van der Waals surface area contributed by atoms with Crippen molar-refractivity contribution in [1.82, 2.24) is 15.1 Å². The van der Waals surface area contributed by atoms with Gasteiger partial charge in [-0.2, -0.15) is 5.10 Å². The van der Waals surface area contributed by atoms with Crippen LogP contribution in [-0.2, 0) is 0 Å². The minimum atomic E-state index is -0.435. The summed E-state index contributed by atoms with van der Waals surface area (Å²) in [6.07, 6.45) is 2.26. The molecule has 1 amide bonds. The Morgan fingerprint density at radius 1 is 1.50 bits per heavy atom. The van der Waals surface area contributed by atoms with Crippen LogP contribution in [0.1, 0.15) is 36.3 Å². The summed E-state index contributed by atoms with van der Waals surface area (Å²) in [5.74, 6) is -0.607. The number of rotatable bonds is 6. The molecular formula is C17H21BrFN3O2. The molecule has 0 bridgehead atoms. The Morgan fingerprint density at radius 2 is 2.21 bits per heavy atom. The van der Waals surface area contributed by atoms with Gasteiger partial charge in [0, 0.05) is 4.47 Å². The van der Waals surface area contributed by atoms with Crippen LogP contribution in [0.25, 0.3) is 5.69 Å². The number of amides is 1. The highest BCUT2D eigenvalue weighted by molar-refractivity contribution is 9.10. The van der Waals surface area contributed by atoms with Gasteiger partial charge in [-0.1, -0.05) is 36.2 Å². The zero-order valence-electron chi connectivity index (χ0n) is 13.9. The van der Waals surface area contributed by atoms with Crippen LogP contribution in [0.3, 0.4) is 0 Å². The Morgan fingerprint density at radius 3 is 2.79 bits per heavy atom. The first-order chi connectivity index (χ1) is 11.4. The van der Waals surface area contributed by atoms with E-state index in [4.69, 9.17) is 0 Å². The van der Waals surface area contributed by atoms with Gasteiger partial charge in [-0.3, -0.25) is 4.79 Å². The molecule has 0 spiro atoms. The second kappa shape index (κ2) is 7.90. The van der Waals surface area contributed by atoms with Gasteiger partial charge in [0.1, 0.15) is 11.5 Å². The molecule has 2 aromatic rings. The van der Waals surface area contributed by atoms with Crippen molar-refractivity contribution in [3.8, 4) is 5.69 Å². The normalized spacial score (nSPS) is 13.6. The Kier molecular flexibility index (Phi) is 6.12. The smallest absolute Gasteiger partial charge is 0.255 e. The molecule has 0 aliphatic heterocycles. The minimum absolute atomic E-state index is 0.130. The van der Waals surface area contributed by atoms with Crippen LogP contribution in [0.2, 0.25) is 0 Å². The highest BCUT2D eigenvalue weighted by atomic mass is 79.9. The zero-order chi connectivity index (χ0) is 17.9. The van der Waals surface area contributed by atoms with Crippen LogP contribution in [0.15, 0.2) is 28.9 Å². The molecule has 24 heavy (non-hydrogen) atoms. The number of aliphatic hydroxyl groups excluding tert-OH is 1. The number of aromatic nitrogens is 2. The number of benzene rings is 1. The number of nitrogens with zero attached hydrogens (tertiary/aromatic N) is 2. The minimum Gasteiger partial charge on any atom is -0.394 e. The van der Waals surface area contributed by atoms with Gasteiger partial charge in [-0.15, -0.1) is 0 Å². The second-order valence-electron chi connectivity index (χ2n) is 5.80. The summed E-state index contributed by atoms with van der Waals surface area (Å²) in [4.78, 5) is 12.5. The molecule has 0 aliphatic rings. The molecule has 1 aromatic heterocycles. The van der Waals surface area contributed by atoms with E-state index in [1.807, 2.05) is 13.8 Å². The number of carbonyl (C=O) groups excluding carboxylic acids is 1. The summed E-state index contributed by atoms with van der Waals surface area (Å²) in [6, 6.07) is 4.33. The molecule has 2 atom stereocenters. The molecule has 130 valence electrons. The van der Waals surface area contributed by atoms with Gasteiger partial charge in [0.2, 0.25) is 0 Å². The first-order valence-corrected chi connectivity index (χ1v) is 8.60. The van der Waals surface area contributed by atoms with E-state index in [1.165, 1.54) is 16.9 Å². The number of hydrogen-bond donors (Lipinski definition) is 2. The summed E-state index contributed by atoms with van der Waals surface area (Å²) in [6.45, 7) is 5.55. The molecular weight excluding hydrogens is 377 g/mol. The molecule has 1 aromatic carbocycles. The van der Waals surface area contributed by atoms with Crippen molar-refractivity contribution < 1.29 is 14.3 Å². The van der Waals surface area contributed by atoms with Crippen LogP contribution in [0, 0.1) is 18.7 Å². The van der Waals surface area contributed by atoms with E-state index in [2.05, 4.69) is 26.3 Å². The summed E-state index contributed by atoms with van der Waals surface area (Å²) in [5.41, 5.74) is 1.17. The molecule has 2 rings (SSSR count). The standard InChI is InChI=1S/C17H21BrFN3O2/c1-4-10(2)15(9-23)21-17(24)13-8-20-22(11(13)3)16-6-5-12(18)7-14(16)19/h5-8,10,15,23H,4,9H2,1-3H3,(H,21,24)/t10-,15+/m0/s1. The van der Waals surface area contributed by atoms with Gasteiger partial charge in [0.05, 0.1) is 30.1 Å². The molecule has 0 unspecified atom stereocenters. The monoisotopic (exact) mass is 397 g/mol. The van der Waals surface area contributed by atoms with Crippen molar-refractivity contribution in [1.29, 1.82) is 0 Å². The van der Waals surface area contributed by atoms with Crippen molar-refractivity contribution in [3.63, 3.8) is 0 Å². The van der Waals surface area contributed by atoms with Crippen molar-refractivity contribution in [2.45, 2.75) is 33.2 Å². The van der Waals surface area contributed by atoms with E-state index >= 15 is 0 Å². The van der Waals surface area contributed by atoms with Gasteiger partial charge in [0.25, 0.3) is 5.91 Å². The average molecular weight is 398 g/mol. The fourth-order valence-corrected chi connectivity index (χ4v) is 2.76. The first-order valence-electron chi connectivity index (χ1n) is 7.80. The van der Waals surface area contributed by atoms with Gasteiger partial charge in [0.15, 0.2) is 0 Å². The van der Waals surface area contributed by atoms with Crippen molar-refractivity contribution in [2.24, 2.45) is 5.92 Å². The van der Waals surface area contributed by atoms with Gasteiger partial charge >= 0.3 is 0 Å². The maximum absolute atomic E-state index is 14.1. The van der Waals surface area contributed by atoms with E-state index in [0.29, 0.717) is 15.7 Å². The van der Waals surface area contributed by atoms with Gasteiger partial charge in [-0.25, -0.2) is 9.07 Å². The van der Waals surface area contributed by atoms with Crippen LogP contribution in [-0.4, -0.2) is 33.4 Å². The Labute approximate surface area is 149 Å². The molecule has 0 saturated carbocycles. The molecule has 0 saturated heterocycles. The summed E-state index contributed by atoms with van der Waals surface area (Å²) in [7, 11) is 0. The SMILES string of the molecule is CC[C@H](C)[C@@H](CO)NC(=O)c1cnn(-c2ccc(Br)cc2F)c1C. The highest BCUT2D eigenvalue weighted by Gasteiger charge is 2.22. The van der Waals surface area contributed by atoms with E-state index in [1.54, 1.807) is 19.1 Å². The molecule has 5 nitrogen and oxygen atoms in total. The fraction of sp³-hybridized carbons (Fsp3) is 0.412.